The predicted molar refractivity (Wildman–Crippen MR) is 70.1 cm³/mol. The Morgan fingerprint density at radius 1 is 1.44 bits per heavy atom. The molecule has 1 aromatic rings. The van der Waals surface area contributed by atoms with Crippen LogP contribution in [-0.4, -0.2) is 33.4 Å². The molecule has 2 unspecified atom stereocenters. The fourth-order valence-corrected chi connectivity index (χ4v) is 2.86. The Hall–Kier alpha value is -1.52. The Balaban J connectivity index is 2.46. The first kappa shape index (κ1) is 12.9. The maximum Gasteiger partial charge on any atom is 0.341 e. The van der Waals surface area contributed by atoms with Gasteiger partial charge in [0.1, 0.15) is 11.4 Å². The first-order chi connectivity index (χ1) is 8.43. The molecular formula is C13H21N3O2. The van der Waals surface area contributed by atoms with Crippen LogP contribution in [0.3, 0.4) is 0 Å². The van der Waals surface area contributed by atoms with Crippen LogP contribution in [-0.2, 0) is 7.05 Å². The molecular weight excluding hydrogens is 230 g/mol. The molecule has 100 valence electrons. The van der Waals surface area contributed by atoms with E-state index in [9.17, 15) is 9.90 Å². The van der Waals surface area contributed by atoms with Crippen LogP contribution in [0.1, 0.15) is 42.7 Å². The molecule has 1 saturated heterocycles. The third-order valence-electron chi connectivity index (χ3n) is 4.05. The highest BCUT2D eigenvalue weighted by Crippen LogP contribution is 2.31. The van der Waals surface area contributed by atoms with Crippen LogP contribution < -0.4 is 4.90 Å². The lowest BCUT2D eigenvalue weighted by Crippen LogP contribution is -2.44. The van der Waals surface area contributed by atoms with E-state index < -0.39 is 5.97 Å². The summed E-state index contributed by atoms with van der Waals surface area (Å²) in [4.78, 5) is 13.6. The van der Waals surface area contributed by atoms with E-state index in [1.807, 2.05) is 7.05 Å². The number of hydrogen-bond donors (Lipinski definition) is 1. The molecule has 0 radical (unpaired) electrons. The van der Waals surface area contributed by atoms with E-state index in [2.05, 4.69) is 23.8 Å². The number of aryl methyl sites for hydroxylation is 2. The number of hydrogen-bond acceptors (Lipinski definition) is 3. The second-order valence-corrected chi connectivity index (χ2v) is 5.27. The van der Waals surface area contributed by atoms with Crippen molar-refractivity contribution in [1.82, 2.24) is 9.78 Å². The van der Waals surface area contributed by atoms with Crippen LogP contribution in [0.5, 0.6) is 0 Å². The summed E-state index contributed by atoms with van der Waals surface area (Å²) in [5, 5.41) is 13.6. The summed E-state index contributed by atoms with van der Waals surface area (Å²) in [6.45, 7) is 7.05. The van der Waals surface area contributed by atoms with Crippen molar-refractivity contribution in [3.8, 4) is 0 Å². The lowest BCUT2D eigenvalue weighted by Gasteiger charge is -2.39. The average Bonchev–Trinajstić information content (AvgIpc) is 2.57. The van der Waals surface area contributed by atoms with Crippen molar-refractivity contribution in [2.24, 2.45) is 13.0 Å². The van der Waals surface area contributed by atoms with E-state index in [1.54, 1.807) is 11.6 Å². The third-order valence-corrected chi connectivity index (χ3v) is 4.05. The lowest BCUT2D eigenvalue weighted by molar-refractivity contribution is 0.0696. The van der Waals surface area contributed by atoms with Gasteiger partial charge in [-0.2, -0.15) is 5.10 Å². The molecule has 1 aromatic heterocycles. The second-order valence-electron chi connectivity index (χ2n) is 5.27. The smallest absolute Gasteiger partial charge is 0.341 e. The van der Waals surface area contributed by atoms with Crippen LogP contribution in [0.2, 0.25) is 0 Å². The van der Waals surface area contributed by atoms with Crippen LogP contribution in [0.15, 0.2) is 0 Å². The number of carboxylic acids is 1. The van der Waals surface area contributed by atoms with Gasteiger partial charge < -0.3 is 10.0 Å². The third kappa shape index (κ3) is 1.98. The molecule has 2 heterocycles. The largest absolute Gasteiger partial charge is 0.477 e. The van der Waals surface area contributed by atoms with Gasteiger partial charge in [-0.3, -0.25) is 4.68 Å². The molecule has 1 fully saturated rings. The van der Waals surface area contributed by atoms with Crippen LogP contribution in [0.4, 0.5) is 5.82 Å². The molecule has 5 heteroatoms. The average molecular weight is 251 g/mol. The number of rotatable bonds is 2. The summed E-state index contributed by atoms with van der Waals surface area (Å²) in [6.07, 6.45) is 2.31. The zero-order chi connectivity index (χ0) is 13.4. The van der Waals surface area contributed by atoms with Crippen molar-refractivity contribution in [2.45, 2.75) is 39.7 Å². The minimum atomic E-state index is -0.888. The first-order valence-corrected chi connectivity index (χ1v) is 6.47. The summed E-state index contributed by atoms with van der Waals surface area (Å²) in [6, 6.07) is 0.353. The number of piperidine rings is 1. The normalized spacial score (nSPS) is 24.3. The molecule has 1 aliphatic rings. The Kier molecular flexibility index (Phi) is 3.32. The minimum Gasteiger partial charge on any atom is -0.477 e. The van der Waals surface area contributed by atoms with E-state index in [-0.39, 0.29) is 0 Å². The lowest BCUT2D eigenvalue weighted by atomic mass is 9.92. The number of aromatic carboxylic acids is 1. The van der Waals surface area contributed by atoms with Crippen LogP contribution in [0, 0.1) is 12.8 Å². The van der Waals surface area contributed by atoms with Gasteiger partial charge in [0.15, 0.2) is 0 Å². The predicted octanol–water partition coefficient (Wildman–Crippen LogP) is 2.05. The van der Waals surface area contributed by atoms with Gasteiger partial charge in [-0.25, -0.2) is 4.79 Å². The molecule has 1 aliphatic heterocycles. The Morgan fingerprint density at radius 2 is 2.11 bits per heavy atom. The summed E-state index contributed by atoms with van der Waals surface area (Å²) in [7, 11) is 1.82. The van der Waals surface area contributed by atoms with Gasteiger partial charge in [-0.1, -0.05) is 6.92 Å². The maximum absolute atomic E-state index is 11.4. The fraction of sp³-hybridized carbons (Fsp3) is 0.692. The fourth-order valence-electron chi connectivity index (χ4n) is 2.86. The van der Waals surface area contributed by atoms with Gasteiger partial charge in [0, 0.05) is 19.6 Å². The van der Waals surface area contributed by atoms with Gasteiger partial charge in [0.2, 0.25) is 0 Å². The minimum absolute atomic E-state index is 0.346. The molecule has 2 rings (SSSR count). The molecule has 0 aromatic carbocycles. The summed E-state index contributed by atoms with van der Waals surface area (Å²) < 4.78 is 1.70. The van der Waals surface area contributed by atoms with Crippen molar-refractivity contribution in [1.29, 1.82) is 0 Å². The molecule has 0 bridgehead atoms. The van der Waals surface area contributed by atoms with Gasteiger partial charge in [0.05, 0.1) is 5.69 Å². The number of carboxylic acid groups (broad SMARTS) is 1. The van der Waals surface area contributed by atoms with Crippen LogP contribution in [0.25, 0.3) is 0 Å². The van der Waals surface area contributed by atoms with E-state index in [1.165, 1.54) is 6.42 Å². The Bertz CT molecular complexity index is 467. The number of nitrogens with zero attached hydrogens (tertiary/aromatic N) is 3. The monoisotopic (exact) mass is 251 g/mol. The Morgan fingerprint density at radius 3 is 2.72 bits per heavy atom. The standard InChI is InChI=1S/C13H21N3O2/c1-8-6-5-7-16(10(8)3)12-11(13(17)18)9(2)14-15(12)4/h8,10H,5-7H2,1-4H3,(H,17,18). The quantitative estimate of drug-likeness (QED) is 0.874. The van der Waals surface area contributed by atoms with Gasteiger partial charge in [0.25, 0.3) is 0 Å². The first-order valence-electron chi connectivity index (χ1n) is 6.47. The van der Waals surface area contributed by atoms with Gasteiger partial charge in [-0.05, 0) is 32.6 Å². The van der Waals surface area contributed by atoms with Crippen molar-refractivity contribution in [2.75, 3.05) is 11.4 Å². The van der Waals surface area contributed by atoms with Crippen LogP contribution >= 0.6 is 0 Å². The topological polar surface area (TPSA) is 58.4 Å². The zero-order valence-electron chi connectivity index (χ0n) is 11.5. The number of aromatic nitrogens is 2. The van der Waals surface area contributed by atoms with Gasteiger partial charge >= 0.3 is 5.97 Å². The van der Waals surface area contributed by atoms with E-state index in [4.69, 9.17) is 0 Å². The Labute approximate surface area is 107 Å². The molecule has 5 nitrogen and oxygen atoms in total. The van der Waals surface area contributed by atoms with E-state index in [0.29, 0.717) is 23.2 Å². The highest BCUT2D eigenvalue weighted by atomic mass is 16.4. The molecule has 0 spiro atoms. The summed E-state index contributed by atoms with van der Waals surface area (Å²) >= 11 is 0. The molecule has 0 amide bonds. The molecule has 2 atom stereocenters. The van der Waals surface area contributed by atoms with Crippen molar-refractivity contribution in [3.05, 3.63) is 11.3 Å². The molecule has 0 aliphatic carbocycles. The zero-order valence-corrected chi connectivity index (χ0v) is 11.5. The van der Waals surface area contributed by atoms with Gasteiger partial charge in [-0.15, -0.1) is 0 Å². The highest BCUT2D eigenvalue weighted by molar-refractivity contribution is 5.95. The van der Waals surface area contributed by atoms with Crippen molar-refractivity contribution < 1.29 is 9.90 Å². The van der Waals surface area contributed by atoms with E-state index >= 15 is 0 Å². The summed E-state index contributed by atoms with van der Waals surface area (Å²) in [5.74, 6) is 0.440. The van der Waals surface area contributed by atoms with Crippen molar-refractivity contribution in [3.63, 3.8) is 0 Å². The molecule has 18 heavy (non-hydrogen) atoms. The number of anilines is 1. The molecule has 1 N–H and O–H groups in total. The second kappa shape index (κ2) is 4.63. The molecule has 0 saturated carbocycles. The maximum atomic E-state index is 11.4. The van der Waals surface area contributed by atoms with Crippen molar-refractivity contribution >= 4 is 11.8 Å². The SMILES string of the molecule is Cc1nn(C)c(N2CCCC(C)C2C)c1C(=O)O. The highest BCUT2D eigenvalue weighted by Gasteiger charge is 2.31. The van der Waals surface area contributed by atoms with E-state index in [0.717, 1.165) is 18.8 Å². The summed E-state index contributed by atoms with van der Waals surface area (Å²) in [5.41, 5.74) is 0.934. The number of carbonyl (C=O) groups is 1.